The molecular weight excluding hydrogens is 250 g/mol. The highest BCUT2D eigenvalue weighted by molar-refractivity contribution is 7.89. The van der Waals surface area contributed by atoms with E-state index in [4.69, 9.17) is 10.9 Å². The third-order valence-electron chi connectivity index (χ3n) is 3.53. The number of sulfonamides is 1. The standard InChI is InChI=1S/C12H19N3O2S/c1-12(2)6-8(12)7-15-10-3-9(13)4-11(5-10)18(14,16)17/h3-5,8,15H,6-7,13H2,1-2H3,(H2,14,16,17). The van der Waals surface area contributed by atoms with Gasteiger partial charge in [-0.2, -0.15) is 0 Å². The molecule has 1 fully saturated rings. The topological polar surface area (TPSA) is 98.2 Å². The van der Waals surface area contributed by atoms with E-state index in [0.29, 0.717) is 22.7 Å². The van der Waals surface area contributed by atoms with Crippen molar-refractivity contribution in [2.24, 2.45) is 16.5 Å². The average Bonchev–Trinajstić information content (AvgIpc) is 2.81. The Labute approximate surface area is 108 Å². The third kappa shape index (κ3) is 2.94. The molecule has 0 radical (unpaired) electrons. The van der Waals surface area contributed by atoms with E-state index in [2.05, 4.69) is 19.2 Å². The van der Waals surface area contributed by atoms with E-state index in [1.807, 2.05) is 0 Å². The number of anilines is 2. The smallest absolute Gasteiger partial charge is 0.238 e. The predicted octanol–water partition coefficient (Wildman–Crippen LogP) is 1.37. The molecule has 0 heterocycles. The molecule has 0 spiro atoms. The second-order valence-corrected chi connectivity index (χ2v) is 7.17. The first-order valence-corrected chi connectivity index (χ1v) is 7.40. The van der Waals surface area contributed by atoms with Crippen molar-refractivity contribution in [1.82, 2.24) is 0 Å². The van der Waals surface area contributed by atoms with E-state index in [0.717, 1.165) is 6.54 Å². The molecule has 5 N–H and O–H groups in total. The van der Waals surface area contributed by atoms with Gasteiger partial charge in [-0.15, -0.1) is 0 Å². The molecular formula is C12H19N3O2S. The molecule has 0 bridgehead atoms. The fourth-order valence-electron chi connectivity index (χ4n) is 2.05. The van der Waals surface area contributed by atoms with Gasteiger partial charge in [-0.3, -0.25) is 0 Å². The van der Waals surface area contributed by atoms with Crippen LogP contribution in [0.2, 0.25) is 0 Å². The Hall–Kier alpha value is -1.27. The minimum atomic E-state index is -3.71. The van der Waals surface area contributed by atoms with Crippen molar-refractivity contribution in [2.45, 2.75) is 25.2 Å². The Kier molecular flexibility index (Phi) is 3.03. The Morgan fingerprint density at radius 1 is 1.39 bits per heavy atom. The monoisotopic (exact) mass is 269 g/mol. The van der Waals surface area contributed by atoms with Gasteiger partial charge in [0.15, 0.2) is 0 Å². The maximum absolute atomic E-state index is 11.3. The summed E-state index contributed by atoms with van der Waals surface area (Å²) in [6.45, 7) is 5.25. The summed E-state index contributed by atoms with van der Waals surface area (Å²) in [4.78, 5) is 0.0417. The highest BCUT2D eigenvalue weighted by Crippen LogP contribution is 2.51. The summed E-state index contributed by atoms with van der Waals surface area (Å²) in [6, 6.07) is 4.59. The van der Waals surface area contributed by atoms with Crippen LogP contribution in [0.5, 0.6) is 0 Å². The first-order chi connectivity index (χ1) is 8.18. The molecule has 6 heteroatoms. The number of hydrogen-bond acceptors (Lipinski definition) is 4. The summed E-state index contributed by atoms with van der Waals surface area (Å²) in [5.74, 6) is 0.622. The minimum absolute atomic E-state index is 0.0417. The number of hydrogen-bond donors (Lipinski definition) is 3. The molecule has 1 atom stereocenters. The lowest BCUT2D eigenvalue weighted by molar-refractivity contribution is 0.573. The van der Waals surface area contributed by atoms with Crippen LogP contribution in [-0.2, 0) is 10.0 Å². The molecule has 18 heavy (non-hydrogen) atoms. The van der Waals surface area contributed by atoms with Gasteiger partial charge in [0.1, 0.15) is 0 Å². The van der Waals surface area contributed by atoms with E-state index in [1.54, 1.807) is 6.07 Å². The van der Waals surface area contributed by atoms with E-state index < -0.39 is 10.0 Å². The van der Waals surface area contributed by atoms with E-state index in [1.165, 1.54) is 18.6 Å². The quantitative estimate of drug-likeness (QED) is 0.719. The van der Waals surface area contributed by atoms with Crippen molar-refractivity contribution in [3.63, 3.8) is 0 Å². The van der Waals surface area contributed by atoms with Crippen molar-refractivity contribution in [1.29, 1.82) is 0 Å². The molecule has 0 aromatic heterocycles. The van der Waals surface area contributed by atoms with Crippen LogP contribution in [0.15, 0.2) is 23.1 Å². The summed E-state index contributed by atoms with van der Waals surface area (Å²) in [5, 5.41) is 8.31. The normalized spacial score (nSPS) is 21.6. The number of benzene rings is 1. The van der Waals surface area contributed by atoms with Gasteiger partial charge in [0.25, 0.3) is 0 Å². The molecule has 0 amide bonds. The van der Waals surface area contributed by atoms with Gasteiger partial charge in [-0.25, -0.2) is 13.6 Å². The Balaban J connectivity index is 2.12. The van der Waals surface area contributed by atoms with Crippen LogP contribution < -0.4 is 16.2 Å². The SMILES string of the molecule is CC1(C)CC1CNc1cc(N)cc(S(N)(=O)=O)c1. The predicted molar refractivity (Wildman–Crippen MR) is 72.6 cm³/mol. The van der Waals surface area contributed by atoms with Gasteiger partial charge in [-0.05, 0) is 36.0 Å². The average molecular weight is 269 g/mol. The fraction of sp³-hybridized carbons (Fsp3) is 0.500. The lowest BCUT2D eigenvalue weighted by Crippen LogP contribution is -2.14. The molecule has 1 aliphatic carbocycles. The summed E-state index contributed by atoms with van der Waals surface area (Å²) < 4.78 is 22.6. The summed E-state index contributed by atoms with van der Waals surface area (Å²) in [7, 11) is -3.71. The van der Waals surface area contributed by atoms with Crippen molar-refractivity contribution >= 4 is 21.4 Å². The third-order valence-corrected chi connectivity index (χ3v) is 4.42. The summed E-state index contributed by atoms with van der Waals surface area (Å²) in [5.41, 5.74) is 7.14. The zero-order chi connectivity index (χ0) is 13.6. The minimum Gasteiger partial charge on any atom is -0.399 e. The maximum Gasteiger partial charge on any atom is 0.238 e. The van der Waals surface area contributed by atoms with Crippen LogP contribution in [0.25, 0.3) is 0 Å². The van der Waals surface area contributed by atoms with Crippen molar-refractivity contribution < 1.29 is 8.42 Å². The molecule has 0 aliphatic heterocycles. The molecule has 1 aromatic carbocycles. The van der Waals surface area contributed by atoms with E-state index in [9.17, 15) is 8.42 Å². The Bertz CT molecular complexity index is 567. The molecule has 1 aromatic rings. The van der Waals surface area contributed by atoms with Gasteiger partial charge in [0.05, 0.1) is 4.90 Å². The second-order valence-electron chi connectivity index (χ2n) is 5.61. The van der Waals surface area contributed by atoms with Gasteiger partial charge in [0, 0.05) is 17.9 Å². The van der Waals surface area contributed by atoms with Crippen molar-refractivity contribution in [3.05, 3.63) is 18.2 Å². The van der Waals surface area contributed by atoms with Crippen LogP contribution in [-0.4, -0.2) is 15.0 Å². The largest absolute Gasteiger partial charge is 0.399 e. The highest BCUT2D eigenvalue weighted by Gasteiger charge is 2.44. The van der Waals surface area contributed by atoms with Crippen LogP contribution >= 0.6 is 0 Å². The second kappa shape index (κ2) is 4.13. The molecule has 5 nitrogen and oxygen atoms in total. The summed E-state index contributed by atoms with van der Waals surface area (Å²) in [6.07, 6.45) is 1.18. The molecule has 1 aliphatic rings. The van der Waals surface area contributed by atoms with Gasteiger partial charge in [0.2, 0.25) is 10.0 Å². The molecule has 100 valence electrons. The first kappa shape index (κ1) is 13.2. The molecule has 1 unspecified atom stereocenters. The van der Waals surface area contributed by atoms with Crippen LogP contribution in [0.1, 0.15) is 20.3 Å². The first-order valence-electron chi connectivity index (χ1n) is 5.86. The zero-order valence-electron chi connectivity index (χ0n) is 10.6. The summed E-state index contributed by atoms with van der Waals surface area (Å²) >= 11 is 0. The Morgan fingerprint density at radius 3 is 2.50 bits per heavy atom. The van der Waals surface area contributed by atoms with E-state index in [-0.39, 0.29) is 4.90 Å². The number of nitrogens with one attached hydrogen (secondary N) is 1. The van der Waals surface area contributed by atoms with Crippen molar-refractivity contribution in [2.75, 3.05) is 17.6 Å². The van der Waals surface area contributed by atoms with Crippen molar-refractivity contribution in [3.8, 4) is 0 Å². The maximum atomic E-state index is 11.3. The van der Waals surface area contributed by atoms with Crippen LogP contribution in [0.4, 0.5) is 11.4 Å². The number of primary sulfonamides is 1. The highest BCUT2D eigenvalue weighted by atomic mass is 32.2. The van der Waals surface area contributed by atoms with E-state index >= 15 is 0 Å². The Morgan fingerprint density at radius 2 is 2.00 bits per heavy atom. The van der Waals surface area contributed by atoms with Crippen LogP contribution in [0, 0.1) is 11.3 Å². The lowest BCUT2D eigenvalue weighted by atomic mass is 10.1. The molecule has 0 saturated heterocycles. The van der Waals surface area contributed by atoms with Gasteiger partial charge < -0.3 is 11.1 Å². The zero-order valence-corrected chi connectivity index (χ0v) is 11.4. The number of rotatable bonds is 4. The number of nitrogen functional groups attached to an aromatic ring is 1. The van der Waals surface area contributed by atoms with Gasteiger partial charge >= 0.3 is 0 Å². The van der Waals surface area contributed by atoms with Crippen LogP contribution in [0.3, 0.4) is 0 Å². The molecule has 2 rings (SSSR count). The number of nitrogens with two attached hydrogens (primary N) is 2. The van der Waals surface area contributed by atoms with Gasteiger partial charge in [-0.1, -0.05) is 13.8 Å². The fourth-order valence-corrected chi connectivity index (χ4v) is 2.65. The molecule has 1 saturated carbocycles. The lowest BCUT2D eigenvalue weighted by Gasteiger charge is -2.10.